The van der Waals surface area contributed by atoms with Crippen molar-refractivity contribution in [1.29, 1.82) is 0 Å². The number of carbonyl (C=O) groups is 1. The number of rotatable bonds is 8. The Bertz CT molecular complexity index is 1460. The number of carbonyl (C=O) groups excluding carboxylic acids is 1. The molecule has 180 valence electrons. The fraction of sp³-hybridized carbons (Fsp3) is 0.179. The predicted octanol–water partition coefficient (Wildman–Crippen LogP) is 5.69. The Kier molecular flexibility index (Phi) is 7.07. The molecule has 0 saturated carbocycles. The molecule has 0 bridgehead atoms. The summed E-state index contributed by atoms with van der Waals surface area (Å²) in [6, 6.07) is 25.0. The van der Waals surface area contributed by atoms with Gasteiger partial charge in [-0.05, 0) is 73.7 Å². The Morgan fingerprint density at radius 1 is 0.914 bits per heavy atom. The fourth-order valence-electron chi connectivity index (χ4n) is 3.96. The second kappa shape index (κ2) is 10.2. The number of nitrogens with one attached hydrogen (secondary N) is 1. The van der Waals surface area contributed by atoms with Crippen molar-refractivity contribution in [3.05, 3.63) is 96.1 Å². The number of anilines is 2. The minimum atomic E-state index is -4.07. The topological polar surface area (TPSA) is 75.7 Å². The van der Waals surface area contributed by atoms with Crippen LogP contribution in [0.4, 0.5) is 11.4 Å². The lowest BCUT2D eigenvalue weighted by molar-refractivity contribution is -0.114. The summed E-state index contributed by atoms with van der Waals surface area (Å²) < 4.78 is 34.7. The lowest BCUT2D eigenvalue weighted by Crippen LogP contribution is -2.38. The van der Waals surface area contributed by atoms with Crippen LogP contribution in [0, 0.1) is 13.8 Å². The number of sulfonamides is 1. The summed E-state index contributed by atoms with van der Waals surface area (Å²) in [6.07, 6.45) is 0. The highest BCUT2D eigenvalue weighted by molar-refractivity contribution is 7.93. The largest absolute Gasteiger partial charge is 0.494 e. The van der Waals surface area contributed by atoms with E-state index in [1.54, 1.807) is 48.5 Å². The van der Waals surface area contributed by atoms with Crippen molar-refractivity contribution in [2.45, 2.75) is 25.7 Å². The minimum Gasteiger partial charge on any atom is -0.494 e. The van der Waals surface area contributed by atoms with Crippen LogP contribution in [0.3, 0.4) is 0 Å². The van der Waals surface area contributed by atoms with Crippen LogP contribution in [0.2, 0.25) is 0 Å². The minimum absolute atomic E-state index is 0.158. The predicted molar refractivity (Wildman–Crippen MR) is 141 cm³/mol. The van der Waals surface area contributed by atoms with E-state index in [-0.39, 0.29) is 11.4 Å². The zero-order chi connectivity index (χ0) is 25.0. The highest BCUT2D eigenvalue weighted by Gasteiger charge is 2.30. The Morgan fingerprint density at radius 3 is 2.37 bits per heavy atom. The smallest absolute Gasteiger partial charge is 0.265 e. The summed E-state index contributed by atoms with van der Waals surface area (Å²) in [5.41, 5.74) is 2.69. The average Bonchev–Trinajstić information content (AvgIpc) is 2.85. The van der Waals surface area contributed by atoms with E-state index in [2.05, 4.69) is 5.32 Å². The SMILES string of the molecule is CCOc1ccc(NC(=O)CN(c2cc(C)ccc2C)S(=O)(=O)c2cccc3ccccc23)cc1. The van der Waals surface area contributed by atoms with Gasteiger partial charge in [-0.15, -0.1) is 0 Å². The normalized spacial score (nSPS) is 11.3. The third-order valence-electron chi connectivity index (χ3n) is 5.69. The van der Waals surface area contributed by atoms with Crippen LogP contribution in [0.15, 0.2) is 89.8 Å². The van der Waals surface area contributed by atoms with Crippen molar-refractivity contribution in [1.82, 2.24) is 0 Å². The van der Waals surface area contributed by atoms with Crippen molar-refractivity contribution >= 4 is 38.1 Å². The number of amides is 1. The molecular formula is C28H28N2O4S. The summed E-state index contributed by atoms with van der Waals surface area (Å²) in [5, 5.41) is 4.23. The average molecular weight is 489 g/mol. The number of fused-ring (bicyclic) bond motifs is 1. The van der Waals surface area contributed by atoms with Gasteiger partial charge in [0.25, 0.3) is 10.0 Å². The number of hydrogen-bond donors (Lipinski definition) is 1. The molecule has 4 aromatic rings. The molecular weight excluding hydrogens is 460 g/mol. The molecule has 0 fully saturated rings. The van der Waals surface area contributed by atoms with Gasteiger partial charge in [0.2, 0.25) is 5.91 Å². The summed E-state index contributed by atoms with van der Waals surface area (Å²) in [7, 11) is -4.07. The van der Waals surface area contributed by atoms with Gasteiger partial charge in [0.05, 0.1) is 17.2 Å². The highest BCUT2D eigenvalue weighted by atomic mass is 32.2. The van der Waals surface area contributed by atoms with Gasteiger partial charge >= 0.3 is 0 Å². The van der Waals surface area contributed by atoms with E-state index in [0.29, 0.717) is 29.1 Å². The molecule has 35 heavy (non-hydrogen) atoms. The molecule has 1 amide bonds. The van der Waals surface area contributed by atoms with Gasteiger partial charge in [0.15, 0.2) is 0 Å². The van der Waals surface area contributed by atoms with Crippen LogP contribution < -0.4 is 14.4 Å². The standard InChI is InChI=1S/C28H28N2O4S/c1-4-34-24-16-14-23(15-17-24)29-28(31)19-30(26-18-20(2)12-13-21(26)3)35(32,33)27-11-7-9-22-8-5-6-10-25(22)27/h5-18H,4,19H2,1-3H3,(H,29,31). The van der Waals surface area contributed by atoms with E-state index in [1.165, 1.54) is 4.31 Å². The van der Waals surface area contributed by atoms with Gasteiger partial charge in [0.1, 0.15) is 12.3 Å². The van der Waals surface area contributed by atoms with Gasteiger partial charge < -0.3 is 10.1 Å². The van der Waals surface area contributed by atoms with Crippen LogP contribution in [0.5, 0.6) is 5.75 Å². The molecule has 1 N–H and O–H groups in total. The molecule has 0 saturated heterocycles. The Balaban J connectivity index is 1.73. The Morgan fingerprint density at radius 2 is 1.63 bits per heavy atom. The van der Waals surface area contributed by atoms with Crippen LogP contribution in [0.1, 0.15) is 18.1 Å². The third kappa shape index (κ3) is 5.30. The van der Waals surface area contributed by atoms with Crippen molar-refractivity contribution < 1.29 is 17.9 Å². The quantitative estimate of drug-likeness (QED) is 0.346. The summed E-state index contributed by atoms with van der Waals surface area (Å²) >= 11 is 0. The van der Waals surface area contributed by atoms with Gasteiger partial charge in [0, 0.05) is 11.1 Å². The van der Waals surface area contributed by atoms with Crippen LogP contribution in [-0.2, 0) is 14.8 Å². The second-order valence-corrected chi connectivity index (χ2v) is 10.1. The molecule has 0 aromatic heterocycles. The Hall–Kier alpha value is -3.84. The van der Waals surface area contributed by atoms with Gasteiger partial charge in [-0.25, -0.2) is 8.42 Å². The molecule has 0 radical (unpaired) electrons. The number of hydrogen-bond acceptors (Lipinski definition) is 4. The molecule has 0 aliphatic carbocycles. The van der Waals surface area contributed by atoms with Crippen LogP contribution >= 0.6 is 0 Å². The van der Waals surface area contributed by atoms with Gasteiger partial charge in [-0.1, -0.05) is 48.5 Å². The van der Waals surface area contributed by atoms with E-state index in [0.717, 1.165) is 16.5 Å². The maximum Gasteiger partial charge on any atom is 0.265 e. The van der Waals surface area contributed by atoms with Crippen molar-refractivity contribution in [2.24, 2.45) is 0 Å². The second-order valence-electron chi connectivity index (χ2n) is 8.28. The maximum atomic E-state index is 14.0. The molecule has 0 unspecified atom stereocenters. The van der Waals surface area contributed by atoms with Crippen molar-refractivity contribution in [3.63, 3.8) is 0 Å². The molecule has 4 aromatic carbocycles. The van der Waals surface area contributed by atoms with Crippen molar-refractivity contribution in [2.75, 3.05) is 22.8 Å². The van der Waals surface area contributed by atoms with Crippen molar-refractivity contribution in [3.8, 4) is 5.75 Å². The molecule has 6 nitrogen and oxygen atoms in total. The first-order valence-corrected chi connectivity index (χ1v) is 12.8. The van der Waals surface area contributed by atoms with E-state index in [9.17, 15) is 13.2 Å². The van der Waals surface area contributed by atoms with Gasteiger partial charge in [-0.3, -0.25) is 9.10 Å². The van der Waals surface area contributed by atoms with E-state index >= 15 is 0 Å². The molecule has 0 atom stereocenters. The molecule has 4 rings (SSSR count). The van der Waals surface area contributed by atoms with Crippen LogP contribution in [0.25, 0.3) is 10.8 Å². The lowest BCUT2D eigenvalue weighted by Gasteiger charge is -2.26. The first-order chi connectivity index (χ1) is 16.8. The lowest BCUT2D eigenvalue weighted by atomic mass is 10.1. The zero-order valence-corrected chi connectivity index (χ0v) is 20.8. The number of benzene rings is 4. The van der Waals surface area contributed by atoms with Gasteiger partial charge in [-0.2, -0.15) is 0 Å². The highest BCUT2D eigenvalue weighted by Crippen LogP contribution is 2.31. The molecule has 0 heterocycles. The number of ether oxygens (including phenoxy) is 1. The van der Waals surface area contributed by atoms with Crippen LogP contribution in [-0.4, -0.2) is 27.5 Å². The summed E-state index contributed by atoms with van der Waals surface area (Å²) in [6.45, 7) is 5.80. The number of aryl methyl sites for hydroxylation is 2. The molecule has 0 aliphatic heterocycles. The Labute approximate surface area is 206 Å². The monoisotopic (exact) mass is 488 g/mol. The first-order valence-electron chi connectivity index (χ1n) is 11.4. The zero-order valence-electron chi connectivity index (χ0n) is 20.0. The summed E-state index contributed by atoms with van der Waals surface area (Å²) in [5.74, 6) is 0.250. The third-order valence-corrected chi connectivity index (χ3v) is 7.51. The molecule has 0 aliphatic rings. The van der Waals surface area contributed by atoms with E-state index in [4.69, 9.17) is 4.74 Å². The van der Waals surface area contributed by atoms with E-state index in [1.807, 2.05) is 57.2 Å². The van der Waals surface area contributed by atoms with E-state index < -0.39 is 15.9 Å². The molecule has 0 spiro atoms. The fourth-order valence-corrected chi connectivity index (χ4v) is 5.65. The number of nitrogens with zero attached hydrogens (tertiary/aromatic N) is 1. The maximum absolute atomic E-state index is 14.0. The first kappa shape index (κ1) is 24.3. The summed E-state index contributed by atoms with van der Waals surface area (Å²) in [4.78, 5) is 13.3. The molecule has 7 heteroatoms.